The second kappa shape index (κ2) is 9.58. The lowest BCUT2D eigenvalue weighted by Crippen LogP contribution is -2.34. The Morgan fingerprint density at radius 2 is 1.62 bits per heavy atom. The van der Waals surface area contributed by atoms with Gasteiger partial charge in [0.1, 0.15) is 18.4 Å². The monoisotopic (exact) mass is 357 g/mol. The molecule has 0 spiro atoms. The van der Waals surface area contributed by atoms with Crippen molar-refractivity contribution in [2.24, 2.45) is 5.73 Å². The summed E-state index contributed by atoms with van der Waals surface area (Å²) in [7, 11) is 1.35. The Morgan fingerprint density at radius 3 is 2.19 bits per heavy atom. The second-order valence-corrected chi connectivity index (χ2v) is 5.68. The fourth-order valence-corrected chi connectivity index (χ4v) is 2.33. The number of rotatable bonds is 8. The number of carbonyl (C=O) groups is 2. The summed E-state index contributed by atoms with van der Waals surface area (Å²) >= 11 is 0. The van der Waals surface area contributed by atoms with Crippen molar-refractivity contribution in [3.63, 3.8) is 0 Å². The Morgan fingerprint density at radius 1 is 1.00 bits per heavy atom. The van der Waals surface area contributed by atoms with E-state index in [0.29, 0.717) is 30.9 Å². The standard InChI is InChI=1S/C20H23NO5/c1-3-25-20(23)18(21)12-14-6-10-17(11-7-14)26-13-15-4-8-16(9-5-15)19(22)24-2/h4-11,18H,3,12-13,21H2,1-2H3. The van der Waals surface area contributed by atoms with Crippen molar-refractivity contribution in [1.29, 1.82) is 0 Å². The molecule has 0 aliphatic carbocycles. The summed E-state index contributed by atoms with van der Waals surface area (Å²) in [6.07, 6.45) is 0.411. The molecule has 0 aliphatic heterocycles. The summed E-state index contributed by atoms with van der Waals surface area (Å²) in [5.74, 6) is -0.0622. The van der Waals surface area contributed by atoms with E-state index in [4.69, 9.17) is 15.2 Å². The summed E-state index contributed by atoms with van der Waals surface area (Å²) in [5, 5.41) is 0. The number of methoxy groups -OCH3 is 1. The molecule has 0 amide bonds. The predicted molar refractivity (Wildman–Crippen MR) is 96.9 cm³/mol. The van der Waals surface area contributed by atoms with Crippen LogP contribution >= 0.6 is 0 Å². The van der Waals surface area contributed by atoms with Crippen molar-refractivity contribution in [1.82, 2.24) is 0 Å². The van der Waals surface area contributed by atoms with Gasteiger partial charge >= 0.3 is 11.9 Å². The Labute approximate surface area is 152 Å². The molecule has 0 saturated heterocycles. The first-order valence-corrected chi connectivity index (χ1v) is 8.34. The maximum atomic E-state index is 11.6. The van der Waals surface area contributed by atoms with Crippen molar-refractivity contribution in [3.05, 3.63) is 65.2 Å². The third-order valence-corrected chi connectivity index (χ3v) is 3.75. The molecule has 2 aromatic carbocycles. The zero-order chi connectivity index (χ0) is 18.9. The minimum atomic E-state index is -0.671. The second-order valence-electron chi connectivity index (χ2n) is 5.68. The van der Waals surface area contributed by atoms with E-state index in [2.05, 4.69) is 4.74 Å². The molecular formula is C20H23NO5. The summed E-state index contributed by atoms with van der Waals surface area (Å²) in [4.78, 5) is 23.0. The molecule has 2 rings (SSSR count). The molecule has 26 heavy (non-hydrogen) atoms. The van der Waals surface area contributed by atoms with Gasteiger partial charge in [0.2, 0.25) is 0 Å². The maximum Gasteiger partial charge on any atom is 0.337 e. The van der Waals surface area contributed by atoms with Crippen LogP contribution in [0.1, 0.15) is 28.4 Å². The molecule has 6 nitrogen and oxygen atoms in total. The molecule has 0 saturated carbocycles. The maximum absolute atomic E-state index is 11.6. The summed E-state index contributed by atoms with van der Waals surface area (Å²) in [6.45, 7) is 2.45. The van der Waals surface area contributed by atoms with Gasteiger partial charge in [-0.25, -0.2) is 4.79 Å². The number of nitrogens with two attached hydrogens (primary N) is 1. The molecule has 0 aromatic heterocycles. The number of ether oxygens (including phenoxy) is 3. The minimum Gasteiger partial charge on any atom is -0.489 e. The first kappa shape index (κ1) is 19.5. The molecule has 0 radical (unpaired) electrons. The number of hydrogen-bond donors (Lipinski definition) is 1. The molecule has 6 heteroatoms. The molecule has 0 aliphatic rings. The Balaban J connectivity index is 1.87. The lowest BCUT2D eigenvalue weighted by Gasteiger charge is -2.11. The first-order valence-electron chi connectivity index (χ1n) is 8.34. The molecule has 2 aromatic rings. The van der Waals surface area contributed by atoms with Crippen LogP contribution in [-0.2, 0) is 27.3 Å². The molecule has 138 valence electrons. The Bertz CT molecular complexity index is 725. The van der Waals surface area contributed by atoms with Gasteiger partial charge in [-0.15, -0.1) is 0 Å². The van der Waals surface area contributed by atoms with E-state index < -0.39 is 12.0 Å². The number of hydrogen-bond acceptors (Lipinski definition) is 6. The normalized spacial score (nSPS) is 11.5. The summed E-state index contributed by atoms with van der Waals surface area (Å²) in [5.41, 5.74) is 8.18. The third kappa shape index (κ3) is 5.60. The van der Waals surface area contributed by atoms with Crippen LogP contribution < -0.4 is 10.5 Å². The van der Waals surface area contributed by atoms with Crippen LogP contribution in [0.4, 0.5) is 0 Å². The molecule has 1 unspecified atom stereocenters. The smallest absolute Gasteiger partial charge is 0.337 e. The van der Waals surface area contributed by atoms with Gasteiger partial charge in [-0.2, -0.15) is 0 Å². The average molecular weight is 357 g/mol. The van der Waals surface area contributed by atoms with Gasteiger partial charge in [0, 0.05) is 0 Å². The van der Waals surface area contributed by atoms with Crippen LogP contribution in [0.25, 0.3) is 0 Å². The predicted octanol–water partition coefficient (Wildman–Crippen LogP) is 2.49. The molecule has 0 fully saturated rings. The van der Waals surface area contributed by atoms with E-state index in [1.807, 2.05) is 36.4 Å². The highest BCUT2D eigenvalue weighted by molar-refractivity contribution is 5.89. The van der Waals surface area contributed by atoms with Crippen LogP contribution in [0.3, 0.4) is 0 Å². The zero-order valence-electron chi connectivity index (χ0n) is 14.9. The zero-order valence-corrected chi connectivity index (χ0v) is 14.9. The van der Waals surface area contributed by atoms with Gasteiger partial charge in [0.25, 0.3) is 0 Å². The third-order valence-electron chi connectivity index (χ3n) is 3.75. The Kier molecular flexibility index (Phi) is 7.17. The van der Waals surface area contributed by atoms with Gasteiger partial charge in [-0.1, -0.05) is 24.3 Å². The fourth-order valence-electron chi connectivity index (χ4n) is 2.33. The highest BCUT2D eigenvalue weighted by Gasteiger charge is 2.15. The van der Waals surface area contributed by atoms with Crippen molar-refractivity contribution in [3.8, 4) is 5.75 Å². The number of benzene rings is 2. The highest BCUT2D eigenvalue weighted by Crippen LogP contribution is 2.16. The van der Waals surface area contributed by atoms with E-state index in [9.17, 15) is 9.59 Å². The van der Waals surface area contributed by atoms with Crippen molar-refractivity contribution >= 4 is 11.9 Å². The van der Waals surface area contributed by atoms with Crippen LogP contribution in [0.2, 0.25) is 0 Å². The molecule has 0 heterocycles. The quantitative estimate of drug-likeness (QED) is 0.730. The van der Waals surface area contributed by atoms with Gasteiger partial charge < -0.3 is 19.9 Å². The van der Waals surface area contributed by atoms with Crippen molar-refractivity contribution < 1.29 is 23.8 Å². The largest absolute Gasteiger partial charge is 0.489 e. The van der Waals surface area contributed by atoms with Crippen LogP contribution in [0.5, 0.6) is 5.75 Å². The number of carbonyl (C=O) groups excluding carboxylic acids is 2. The van der Waals surface area contributed by atoms with Crippen LogP contribution in [0.15, 0.2) is 48.5 Å². The van der Waals surface area contributed by atoms with E-state index in [0.717, 1.165) is 11.1 Å². The van der Waals surface area contributed by atoms with E-state index in [-0.39, 0.29) is 5.97 Å². The van der Waals surface area contributed by atoms with Gasteiger partial charge in [-0.3, -0.25) is 4.79 Å². The van der Waals surface area contributed by atoms with Crippen molar-refractivity contribution in [2.45, 2.75) is 26.0 Å². The minimum absolute atomic E-state index is 0.319. The van der Waals surface area contributed by atoms with E-state index in [1.165, 1.54) is 7.11 Å². The molecule has 1 atom stereocenters. The number of esters is 2. The van der Waals surface area contributed by atoms with E-state index in [1.54, 1.807) is 19.1 Å². The van der Waals surface area contributed by atoms with Gasteiger partial charge in [0.15, 0.2) is 0 Å². The first-order chi connectivity index (χ1) is 12.5. The molecule has 2 N–H and O–H groups in total. The molecular weight excluding hydrogens is 334 g/mol. The summed E-state index contributed by atoms with van der Waals surface area (Å²) < 4.78 is 15.3. The lowest BCUT2D eigenvalue weighted by atomic mass is 10.1. The highest BCUT2D eigenvalue weighted by atomic mass is 16.5. The van der Waals surface area contributed by atoms with Gasteiger partial charge in [0.05, 0.1) is 19.3 Å². The summed E-state index contributed by atoms with van der Waals surface area (Å²) in [6, 6.07) is 13.8. The topological polar surface area (TPSA) is 87.9 Å². The Hall–Kier alpha value is -2.86. The van der Waals surface area contributed by atoms with Crippen LogP contribution in [0, 0.1) is 0 Å². The van der Waals surface area contributed by atoms with E-state index >= 15 is 0 Å². The SMILES string of the molecule is CCOC(=O)C(N)Cc1ccc(OCc2ccc(C(=O)OC)cc2)cc1. The van der Waals surface area contributed by atoms with Crippen molar-refractivity contribution in [2.75, 3.05) is 13.7 Å². The lowest BCUT2D eigenvalue weighted by molar-refractivity contribution is -0.144. The molecule has 0 bridgehead atoms. The van der Waals surface area contributed by atoms with Gasteiger partial charge in [-0.05, 0) is 48.7 Å². The van der Waals surface area contributed by atoms with Crippen LogP contribution in [-0.4, -0.2) is 31.7 Å². The fraction of sp³-hybridized carbons (Fsp3) is 0.300. The average Bonchev–Trinajstić information content (AvgIpc) is 2.67.